The van der Waals surface area contributed by atoms with Crippen molar-refractivity contribution in [2.24, 2.45) is 0 Å². The molecule has 1 saturated heterocycles. The quantitative estimate of drug-likeness (QED) is 0.259. The second kappa shape index (κ2) is 11.6. The fraction of sp³-hybridized carbons (Fsp3) is 0.406. The molecule has 6 rings (SSSR count). The molecule has 0 radical (unpaired) electrons. The van der Waals surface area contributed by atoms with E-state index < -0.39 is 35.2 Å². The van der Waals surface area contributed by atoms with Gasteiger partial charge in [-0.25, -0.2) is 4.39 Å². The first kappa shape index (κ1) is 29.6. The summed E-state index contributed by atoms with van der Waals surface area (Å²) in [4.78, 5) is 11.1. The Bertz CT molecular complexity index is 1530. The number of carboxylic acids is 1. The van der Waals surface area contributed by atoms with E-state index in [0.29, 0.717) is 41.9 Å². The zero-order chi connectivity index (χ0) is 30.4. The molecule has 3 aromatic carbocycles. The van der Waals surface area contributed by atoms with Gasteiger partial charge in [-0.1, -0.05) is 12.1 Å². The minimum Gasteiger partial charge on any atom is -0.492 e. The van der Waals surface area contributed by atoms with Crippen LogP contribution in [0.3, 0.4) is 0 Å². The summed E-state index contributed by atoms with van der Waals surface area (Å²) in [6.07, 6.45) is -3.58. The Kier molecular flexibility index (Phi) is 7.97. The van der Waals surface area contributed by atoms with Crippen LogP contribution in [0.1, 0.15) is 60.0 Å². The van der Waals surface area contributed by atoms with Gasteiger partial charge in [-0.3, -0.25) is 4.79 Å². The fourth-order valence-corrected chi connectivity index (χ4v) is 7.36. The number of hydrogen-bond donors (Lipinski definition) is 2. The van der Waals surface area contributed by atoms with E-state index in [1.54, 1.807) is 30.0 Å². The average Bonchev–Trinajstić information content (AvgIpc) is 3.55. The molecule has 2 heterocycles. The van der Waals surface area contributed by atoms with Crippen molar-refractivity contribution in [2.45, 2.75) is 55.9 Å². The molecule has 2 N–H and O–H groups in total. The maximum Gasteiger partial charge on any atom is 0.417 e. The lowest BCUT2D eigenvalue weighted by atomic mass is 9.91. The molecule has 2 unspecified atom stereocenters. The highest BCUT2D eigenvalue weighted by atomic mass is 32.2. The molecule has 0 aromatic heterocycles. The summed E-state index contributed by atoms with van der Waals surface area (Å²) >= 11 is 1.74. The number of carboxylic acid groups (broad SMARTS) is 1. The number of thioether (sulfide) groups is 1. The Balaban J connectivity index is 1.27. The van der Waals surface area contributed by atoms with Gasteiger partial charge in [-0.15, -0.1) is 0 Å². The van der Waals surface area contributed by atoms with E-state index in [9.17, 15) is 23.1 Å². The first-order valence-electron chi connectivity index (χ1n) is 14.1. The smallest absolute Gasteiger partial charge is 0.417 e. The zero-order valence-electron chi connectivity index (χ0n) is 23.1. The SMILES string of the molecule is O=C(O)CC1COc2cc(OC3CCc4c3ccc(C(F)(F)F)c4-c3ccc(OCC4(O)CCSCC4)cc3F)ccc21. The van der Waals surface area contributed by atoms with Crippen LogP contribution in [0.4, 0.5) is 17.6 Å². The van der Waals surface area contributed by atoms with Gasteiger partial charge in [0.15, 0.2) is 0 Å². The molecule has 0 saturated carbocycles. The highest BCUT2D eigenvalue weighted by molar-refractivity contribution is 7.99. The second-order valence-electron chi connectivity index (χ2n) is 11.3. The third kappa shape index (κ3) is 6.15. The molecular weight excluding hydrogens is 588 g/mol. The van der Waals surface area contributed by atoms with E-state index in [2.05, 4.69) is 0 Å². The largest absolute Gasteiger partial charge is 0.492 e. The third-order valence-corrected chi connectivity index (χ3v) is 9.35. The molecule has 0 amide bonds. The van der Waals surface area contributed by atoms with E-state index in [1.165, 1.54) is 18.2 Å². The summed E-state index contributed by atoms with van der Waals surface area (Å²) in [5.74, 6) is 0.663. The maximum atomic E-state index is 15.5. The van der Waals surface area contributed by atoms with E-state index in [4.69, 9.17) is 19.3 Å². The van der Waals surface area contributed by atoms with Gasteiger partial charge in [-0.05, 0) is 72.6 Å². The van der Waals surface area contributed by atoms with Gasteiger partial charge in [-0.2, -0.15) is 24.9 Å². The highest BCUT2D eigenvalue weighted by Gasteiger charge is 2.39. The van der Waals surface area contributed by atoms with Gasteiger partial charge >= 0.3 is 12.1 Å². The van der Waals surface area contributed by atoms with Crippen LogP contribution in [-0.4, -0.2) is 46.5 Å². The molecule has 11 heteroatoms. The van der Waals surface area contributed by atoms with Crippen molar-refractivity contribution < 1.29 is 46.8 Å². The molecule has 2 atom stereocenters. The van der Waals surface area contributed by atoms with Gasteiger partial charge in [0.1, 0.15) is 41.4 Å². The number of rotatable bonds is 8. The number of halogens is 4. The predicted molar refractivity (Wildman–Crippen MR) is 152 cm³/mol. The van der Waals surface area contributed by atoms with Crippen molar-refractivity contribution in [3.8, 4) is 28.4 Å². The van der Waals surface area contributed by atoms with Crippen LogP contribution in [-0.2, 0) is 17.4 Å². The Hall–Kier alpha value is -3.44. The number of ether oxygens (including phenoxy) is 3. The molecule has 43 heavy (non-hydrogen) atoms. The van der Waals surface area contributed by atoms with E-state index in [-0.39, 0.29) is 48.8 Å². The van der Waals surface area contributed by atoms with Gasteiger partial charge in [0, 0.05) is 34.7 Å². The summed E-state index contributed by atoms with van der Waals surface area (Å²) in [5, 5.41) is 19.8. The number of carbonyl (C=O) groups is 1. The van der Waals surface area contributed by atoms with Crippen molar-refractivity contribution in [2.75, 3.05) is 24.7 Å². The minimum absolute atomic E-state index is 0.0200. The van der Waals surface area contributed by atoms with Crippen molar-refractivity contribution >= 4 is 17.7 Å². The van der Waals surface area contributed by atoms with Crippen LogP contribution in [0.25, 0.3) is 11.1 Å². The second-order valence-corrected chi connectivity index (χ2v) is 12.5. The number of aliphatic hydroxyl groups is 1. The van der Waals surface area contributed by atoms with Crippen molar-refractivity contribution in [3.63, 3.8) is 0 Å². The van der Waals surface area contributed by atoms with Gasteiger partial charge in [0.2, 0.25) is 0 Å². The monoisotopic (exact) mass is 618 g/mol. The average molecular weight is 619 g/mol. The predicted octanol–water partition coefficient (Wildman–Crippen LogP) is 7.17. The minimum atomic E-state index is -4.71. The first-order chi connectivity index (χ1) is 20.5. The van der Waals surface area contributed by atoms with Crippen LogP contribution >= 0.6 is 11.8 Å². The van der Waals surface area contributed by atoms with Crippen LogP contribution in [0, 0.1) is 5.82 Å². The number of benzene rings is 3. The number of alkyl halides is 3. The van der Waals surface area contributed by atoms with Gasteiger partial charge < -0.3 is 24.4 Å². The Labute approximate surface area is 250 Å². The van der Waals surface area contributed by atoms with Crippen LogP contribution in [0.5, 0.6) is 17.2 Å². The summed E-state index contributed by atoms with van der Waals surface area (Å²) in [7, 11) is 0. The Morgan fingerprint density at radius 2 is 1.79 bits per heavy atom. The molecule has 6 nitrogen and oxygen atoms in total. The summed E-state index contributed by atoms with van der Waals surface area (Å²) < 4.78 is 75.7. The highest BCUT2D eigenvalue weighted by Crippen LogP contribution is 2.48. The van der Waals surface area contributed by atoms with Crippen molar-refractivity contribution in [1.82, 2.24) is 0 Å². The van der Waals surface area contributed by atoms with Crippen LogP contribution in [0.2, 0.25) is 0 Å². The molecule has 3 aliphatic rings. The molecule has 1 fully saturated rings. The van der Waals surface area contributed by atoms with Gasteiger partial charge in [0.25, 0.3) is 0 Å². The standard InChI is InChI=1S/C32H30F4O6S/c33-26-14-19(41-17-31(39)9-11-43-12-10-31)1-4-24(26)30-23-6-8-27(22(23)5-7-25(30)32(34,35)36)42-20-2-3-21-18(13-29(37)38)16-40-28(21)15-20/h1-5,7,14-15,18,27,39H,6,8-13,16-17H2,(H,37,38). The summed E-state index contributed by atoms with van der Waals surface area (Å²) in [5.41, 5.74) is -0.634. The topological polar surface area (TPSA) is 85.2 Å². The molecule has 2 aliphatic heterocycles. The molecule has 0 spiro atoms. The van der Waals surface area contributed by atoms with E-state index in [1.807, 2.05) is 0 Å². The third-order valence-electron chi connectivity index (χ3n) is 8.36. The number of hydrogen-bond acceptors (Lipinski definition) is 6. The van der Waals surface area contributed by atoms with Crippen LogP contribution < -0.4 is 14.2 Å². The van der Waals surface area contributed by atoms with E-state index in [0.717, 1.165) is 29.2 Å². The zero-order valence-corrected chi connectivity index (χ0v) is 23.9. The van der Waals surface area contributed by atoms with Crippen molar-refractivity contribution in [1.29, 1.82) is 0 Å². The lowest BCUT2D eigenvalue weighted by Crippen LogP contribution is -2.39. The first-order valence-corrected chi connectivity index (χ1v) is 15.3. The number of aliphatic carboxylic acids is 1. The van der Waals surface area contributed by atoms with Crippen LogP contribution in [0.15, 0.2) is 48.5 Å². The lowest BCUT2D eigenvalue weighted by Gasteiger charge is -2.31. The summed E-state index contributed by atoms with van der Waals surface area (Å²) in [6, 6.07) is 11.3. The fourth-order valence-electron chi connectivity index (χ4n) is 6.11. The number of fused-ring (bicyclic) bond motifs is 2. The van der Waals surface area contributed by atoms with E-state index >= 15 is 4.39 Å². The Morgan fingerprint density at radius 1 is 1.05 bits per heavy atom. The molecule has 1 aliphatic carbocycles. The summed E-state index contributed by atoms with van der Waals surface area (Å²) in [6.45, 7) is 0.226. The Morgan fingerprint density at radius 3 is 2.51 bits per heavy atom. The van der Waals surface area contributed by atoms with Crippen molar-refractivity contribution in [3.05, 3.63) is 76.6 Å². The molecule has 3 aromatic rings. The van der Waals surface area contributed by atoms with Gasteiger partial charge in [0.05, 0.1) is 18.6 Å². The maximum absolute atomic E-state index is 15.5. The molecule has 228 valence electrons. The lowest BCUT2D eigenvalue weighted by molar-refractivity contribution is -0.138. The molecule has 0 bridgehead atoms. The normalized spacial score (nSPS) is 20.7. The molecular formula is C32H30F4O6S.